The van der Waals surface area contributed by atoms with E-state index in [4.69, 9.17) is 15.9 Å². The third-order valence-electron chi connectivity index (χ3n) is 4.15. The molecule has 2 rings (SSSR count). The Morgan fingerprint density at radius 1 is 1.50 bits per heavy atom. The summed E-state index contributed by atoms with van der Waals surface area (Å²) in [7, 11) is 1.69. The minimum absolute atomic E-state index is 0.107. The van der Waals surface area contributed by atoms with E-state index in [-0.39, 0.29) is 5.84 Å². The zero-order valence-corrected chi connectivity index (χ0v) is 12.6. The first-order valence-corrected chi connectivity index (χ1v) is 7.28. The van der Waals surface area contributed by atoms with Crippen molar-refractivity contribution in [3.05, 3.63) is 29.3 Å². The number of hydrogen-bond donors (Lipinski definition) is 2. The number of benzene rings is 1. The summed E-state index contributed by atoms with van der Waals surface area (Å²) in [6.45, 7) is 6.57. The smallest absolute Gasteiger partial charge is 0.123 e. The lowest BCUT2D eigenvalue weighted by Crippen LogP contribution is -2.33. The van der Waals surface area contributed by atoms with Gasteiger partial charge >= 0.3 is 0 Å². The van der Waals surface area contributed by atoms with Crippen molar-refractivity contribution in [1.29, 1.82) is 5.41 Å². The largest absolute Gasteiger partial charge is 0.496 e. The summed E-state index contributed by atoms with van der Waals surface area (Å²) < 4.78 is 5.45. The summed E-state index contributed by atoms with van der Waals surface area (Å²) in [4.78, 5) is 2.52. The Morgan fingerprint density at radius 2 is 2.25 bits per heavy atom. The van der Waals surface area contributed by atoms with Gasteiger partial charge in [0.05, 0.1) is 7.11 Å². The van der Waals surface area contributed by atoms with Gasteiger partial charge in [-0.3, -0.25) is 10.3 Å². The molecule has 3 N–H and O–H groups in total. The monoisotopic (exact) mass is 275 g/mol. The van der Waals surface area contributed by atoms with Crippen molar-refractivity contribution in [3.8, 4) is 5.75 Å². The molecule has 1 aromatic carbocycles. The first-order valence-electron chi connectivity index (χ1n) is 7.28. The van der Waals surface area contributed by atoms with E-state index in [0.29, 0.717) is 12.0 Å². The molecule has 20 heavy (non-hydrogen) atoms. The van der Waals surface area contributed by atoms with E-state index in [0.717, 1.165) is 30.0 Å². The lowest BCUT2D eigenvalue weighted by Gasteiger charge is -2.28. The van der Waals surface area contributed by atoms with Crippen LogP contribution in [0.15, 0.2) is 18.2 Å². The topological polar surface area (TPSA) is 62.3 Å². The molecule has 1 saturated heterocycles. The maximum absolute atomic E-state index is 7.58. The zero-order chi connectivity index (χ0) is 14.7. The molecule has 1 heterocycles. The number of nitrogen functional groups attached to an aromatic ring is 1. The van der Waals surface area contributed by atoms with Gasteiger partial charge in [0, 0.05) is 23.7 Å². The fourth-order valence-corrected chi connectivity index (χ4v) is 3.09. The second-order valence-electron chi connectivity index (χ2n) is 5.86. The quantitative estimate of drug-likeness (QED) is 0.641. The number of methoxy groups -OCH3 is 1. The summed E-state index contributed by atoms with van der Waals surface area (Å²) >= 11 is 0. The van der Waals surface area contributed by atoms with Gasteiger partial charge in [-0.15, -0.1) is 0 Å². The Hall–Kier alpha value is -1.55. The second-order valence-corrected chi connectivity index (χ2v) is 5.86. The van der Waals surface area contributed by atoms with E-state index in [1.807, 2.05) is 18.2 Å². The fraction of sp³-hybridized carbons (Fsp3) is 0.562. The average molecular weight is 275 g/mol. The molecule has 0 aliphatic carbocycles. The van der Waals surface area contributed by atoms with Crippen LogP contribution in [0.25, 0.3) is 0 Å². The van der Waals surface area contributed by atoms with Gasteiger partial charge in [-0.1, -0.05) is 13.8 Å². The maximum Gasteiger partial charge on any atom is 0.123 e. The van der Waals surface area contributed by atoms with Crippen molar-refractivity contribution < 1.29 is 4.74 Å². The molecule has 1 aromatic rings. The number of amidine groups is 1. The average Bonchev–Trinajstić information content (AvgIpc) is 2.87. The molecule has 0 saturated carbocycles. The third-order valence-corrected chi connectivity index (χ3v) is 4.15. The van der Waals surface area contributed by atoms with E-state index < -0.39 is 0 Å². The highest BCUT2D eigenvalue weighted by Crippen LogP contribution is 2.29. The van der Waals surface area contributed by atoms with Crippen LogP contribution in [0, 0.1) is 11.3 Å². The Balaban J connectivity index is 2.23. The van der Waals surface area contributed by atoms with Crippen LogP contribution in [-0.2, 0) is 6.54 Å². The molecule has 0 bridgehead atoms. The molecule has 1 aliphatic heterocycles. The van der Waals surface area contributed by atoms with Crippen LogP contribution in [0.4, 0.5) is 0 Å². The first kappa shape index (κ1) is 14.9. The molecular weight excluding hydrogens is 250 g/mol. The molecule has 1 unspecified atom stereocenters. The van der Waals surface area contributed by atoms with Crippen molar-refractivity contribution in [1.82, 2.24) is 4.90 Å². The summed E-state index contributed by atoms with van der Waals surface area (Å²) in [5.74, 6) is 1.65. The highest BCUT2D eigenvalue weighted by Gasteiger charge is 2.27. The normalized spacial score (nSPS) is 19.5. The van der Waals surface area contributed by atoms with Gasteiger partial charge in [0.15, 0.2) is 0 Å². The van der Waals surface area contributed by atoms with Gasteiger partial charge in [0.1, 0.15) is 11.6 Å². The molecule has 0 aromatic heterocycles. The van der Waals surface area contributed by atoms with Gasteiger partial charge in [0.2, 0.25) is 0 Å². The van der Waals surface area contributed by atoms with Gasteiger partial charge in [-0.05, 0) is 43.5 Å². The van der Waals surface area contributed by atoms with E-state index in [1.54, 1.807) is 7.11 Å². The summed E-state index contributed by atoms with van der Waals surface area (Å²) in [5, 5.41) is 7.58. The molecule has 110 valence electrons. The number of rotatable bonds is 5. The number of nitrogens with two attached hydrogens (primary N) is 1. The lowest BCUT2D eigenvalue weighted by molar-refractivity contribution is 0.196. The molecule has 0 spiro atoms. The van der Waals surface area contributed by atoms with Crippen LogP contribution < -0.4 is 10.5 Å². The van der Waals surface area contributed by atoms with Crippen LogP contribution in [0.5, 0.6) is 5.75 Å². The summed E-state index contributed by atoms with van der Waals surface area (Å²) in [6, 6.07) is 6.37. The van der Waals surface area contributed by atoms with E-state index in [2.05, 4.69) is 18.7 Å². The molecule has 1 fully saturated rings. The third kappa shape index (κ3) is 3.12. The number of nitrogens with zero attached hydrogens (tertiary/aromatic N) is 1. The number of hydrogen-bond acceptors (Lipinski definition) is 3. The molecule has 4 heteroatoms. The Morgan fingerprint density at radius 3 is 2.85 bits per heavy atom. The molecule has 0 amide bonds. The van der Waals surface area contributed by atoms with Crippen LogP contribution >= 0.6 is 0 Å². The maximum atomic E-state index is 7.58. The van der Waals surface area contributed by atoms with Crippen molar-refractivity contribution in [2.45, 2.75) is 39.3 Å². The van der Waals surface area contributed by atoms with Crippen molar-refractivity contribution in [3.63, 3.8) is 0 Å². The van der Waals surface area contributed by atoms with E-state index >= 15 is 0 Å². The second kappa shape index (κ2) is 6.27. The predicted molar refractivity (Wildman–Crippen MR) is 82.3 cm³/mol. The molecule has 0 radical (unpaired) electrons. The fourth-order valence-electron chi connectivity index (χ4n) is 3.09. The van der Waals surface area contributed by atoms with E-state index in [1.165, 1.54) is 12.8 Å². The summed E-state index contributed by atoms with van der Waals surface area (Å²) in [6.07, 6.45) is 2.53. The molecular formula is C16H25N3O. The molecule has 1 aliphatic rings. The van der Waals surface area contributed by atoms with Crippen LogP contribution in [0.3, 0.4) is 0 Å². The van der Waals surface area contributed by atoms with Crippen molar-refractivity contribution in [2.75, 3.05) is 13.7 Å². The van der Waals surface area contributed by atoms with Gasteiger partial charge in [-0.2, -0.15) is 0 Å². The minimum Gasteiger partial charge on any atom is -0.496 e. The number of nitrogens with one attached hydrogen (secondary N) is 1. The Labute approximate surface area is 121 Å². The highest BCUT2D eigenvalue weighted by molar-refractivity contribution is 5.95. The predicted octanol–water partition coefficient (Wildman–Crippen LogP) is 2.60. The highest BCUT2D eigenvalue weighted by atomic mass is 16.5. The lowest BCUT2D eigenvalue weighted by atomic mass is 10.0. The van der Waals surface area contributed by atoms with Gasteiger partial charge in [-0.25, -0.2) is 0 Å². The van der Waals surface area contributed by atoms with E-state index in [9.17, 15) is 0 Å². The van der Waals surface area contributed by atoms with Crippen molar-refractivity contribution >= 4 is 5.84 Å². The first-order chi connectivity index (χ1) is 9.52. The molecule has 4 nitrogen and oxygen atoms in total. The minimum atomic E-state index is 0.107. The SMILES string of the molecule is COc1ccc(C(=N)N)cc1CN1CCCC1C(C)C. The molecule has 1 atom stereocenters. The van der Waals surface area contributed by atoms with Gasteiger partial charge in [0.25, 0.3) is 0 Å². The van der Waals surface area contributed by atoms with Crippen LogP contribution in [-0.4, -0.2) is 30.4 Å². The van der Waals surface area contributed by atoms with Gasteiger partial charge < -0.3 is 10.5 Å². The Kier molecular flexibility index (Phi) is 4.65. The Bertz CT molecular complexity index is 485. The van der Waals surface area contributed by atoms with Crippen LogP contribution in [0.1, 0.15) is 37.8 Å². The zero-order valence-electron chi connectivity index (χ0n) is 12.6. The van der Waals surface area contributed by atoms with Crippen molar-refractivity contribution in [2.24, 2.45) is 11.7 Å². The van der Waals surface area contributed by atoms with Crippen LogP contribution in [0.2, 0.25) is 0 Å². The standard InChI is InChI=1S/C16H25N3O/c1-11(2)14-5-4-8-19(14)10-13-9-12(16(17)18)6-7-15(13)20-3/h6-7,9,11,14H,4-5,8,10H2,1-3H3,(H3,17,18). The number of likely N-dealkylation sites (tertiary alicyclic amines) is 1. The number of ether oxygens (including phenoxy) is 1. The summed E-state index contributed by atoms with van der Waals surface area (Å²) in [5.41, 5.74) is 7.47.